The fraction of sp³-hybridized carbons (Fsp3) is 0.400. The van der Waals surface area contributed by atoms with Crippen LogP contribution in [0.2, 0.25) is 0 Å². The molecule has 0 bridgehead atoms. The highest BCUT2D eigenvalue weighted by atomic mass is 16.1. The van der Waals surface area contributed by atoms with E-state index in [4.69, 9.17) is 5.73 Å². The number of nitrogens with two attached hydrogens (primary N) is 1. The van der Waals surface area contributed by atoms with Crippen LogP contribution in [-0.4, -0.2) is 29.9 Å². The number of hydrogen-bond acceptors (Lipinski definition) is 5. The molecule has 2 aliphatic rings. The zero-order valence-electron chi connectivity index (χ0n) is 15.0. The zero-order chi connectivity index (χ0) is 18.1. The number of benzene rings is 1. The molecule has 5 heteroatoms. The number of aryl methyl sites for hydroxylation is 1. The van der Waals surface area contributed by atoms with E-state index in [0.29, 0.717) is 17.8 Å². The van der Waals surface area contributed by atoms with Crippen LogP contribution >= 0.6 is 0 Å². The third-order valence-electron chi connectivity index (χ3n) is 5.01. The lowest BCUT2D eigenvalue weighted by Gasteiger charge is -2.42. The van der Waals surface area contributed by atoms with Gasteiger partial charge in [-0.3, -0.25) is 9.80 Å². The van der Waals surface area contributed by atoms with Gasteiger partial charge in [0.05, 0.1) is 17.6 Å². The van der Waals surface area contributed by atoms with Crippen molar-refractivity contribution in [1.29, 1.82) is 5.26 Å². The van der Waals surface area contributed by atoms with Crippen molar-refractivity contribution in [2.75, 3.05) is 14.1 Å². The number of carbonyl (C=O) groups excluding carboxylic acids is 1. The van der Waals surface area contributed by atoms with Crippen LogP contribution in [0.1, 0.15) is 43.2 Å². The minimum Gasteiger partial charge on any atom is -0.383 e. The maximum Gasteiger partial charge on any atom is 0.161 e. The second-order valence-electron chi connectivity index (χ2n) is 6.73. The third kappa shape index (κ3) is 2.83. The van der Waals surface area contributed by atoms with Crippen molar-refractivity contribution in [1.82, 2.24) is 10.0 Å². The van der Waals surface area contributed by atoms with Crippen LogP contribution in [0.3, 0.4) is 0 Å². The first kappa shape index (κ1) is 17.2. The van der Waals surface area contributed by atoms with Gasteiger partial charge in [-0.1, -0.05) is 31.2 Å². The van der Waals surface area contributed by atoms with E-state index in [2.05, 4.69) is 25.1 Å². The molecule has 0 fully saturated rings. The van der Waals surface area contributed by atoms with Gasteiger partial charge < -0.3 is 5.73 Å². The number of allylic oxidation sites excluding steroid dienone is 3. The van der Waals surface area contributed by atoms with Gasteiger partial charge in [0, 0.05) is 31.8 Å². The minimum absolute atomic E-state index is 0.123. The summed E-state index contributed by atoms with van der Waals surface area (Å²) in [6.07, 6.45) is 3.10. The average Bonchev–Trinajstić information content (AvgIpc) is 2.60. The molecule has 1 aromatic carbocycles. The summed E-state index contributed by atoms with van der Waals surface area (Å²) < 4.78 is 0. The van der Waals surface area contributed by atoms with Gasteiger partial charge in [0.2, 0.25) is 0 Å². The van der Waals surface area contributed by atoms with Gasteiger partial charge >= 0.3 is 0 Å². The fourth-order valence-corrected chi connectivity index (χ4v) is 3.80. The molecule has 3 rings (SSSR count). The van der Waals surface area contributed by atoms with Crippen LogP contribution in [0, 0.1) is 11.3 Å². The molecule has 1 unspecified atom stereocenters. The monoisotopic (exact) mass is 336 g/mol. The first-order valence-corrected chi connectivity index (χ1v) is 8.71. The highest BCUT2D eigenvalue weighted by molar-refractivity contribution is 5.99. The topological polar surface area (TPSA) is 73.4 Å². The van der Waals surface area contributed by atoms with E-state index in [1.807, 2.05) is 36.2 Å². The molecular weight excluding hydrogens is 312 g/mol. The van der Waals surface area contributed by atoms with E-state index < -0.39 is 0 Å². The first-order valence-electron chi connectivity index (χ1n) is 8.71. The number of hydrogen-bond donors (Lipinski definition) is 1. The molecule has 0 spiro atoms. The van der Waals surface area contributed by atoms with Crippen LogP contribution in [0.4, 0.5) is 0 Å². The van der Waals surface area contributed by atoms with Crippen molar-refractivity contribution in [2.24, 2.45) is 5.73 Å². The molecule has 0 radical (unpaired) electrons. The number of carbonyl (C=O) groups is 1. The molecule has 1 heterocycles. The minimum atomic E-state index is -0.366. The smallest absolute Gasteiger partial charge is 0.161 e. The fourth-order valence-electron chi connectivity index (χ4n) is 3.80. The van der Waals surface area contributed by atoms with Crippen LogP contribution in [0.15, 0.2) is 46.9 Å². The Kier molecular flexibility index (Phi) is 4.65. The largest absolute Gasteiger partial charge is 0.383 e. The van der Waals surface area contributed by atoms with Crippen LogP contribution in [-0.2, 0) is 11.2 Å². The Morgan fingerprint density at radius 2 is 1.96 bits per heavy atom. The lowest BCUT2D eigenvalue weighted by molar-refractivity contribution is -0.116. The first-order chi connectivity index (χ1) is 12.0. The Hall–Kier alpha value is -2.58. The summed E-state index contributed by atoms with van der Waals surface area (Å²) in [6, 6.07) is 10.4. The third-order valence-corrected chi connectivity index (χ3v) is 5.01. The molecule has 2 N–H and O–H groups in total. The Bertz CT molecular complexity index is 796. The summed E-state index contributed by atoms with van der Waals surface area (Å²) in [5.74, 6) is 0.179. The number of Topliss-reactive ketones (excluding diaryl/α,β-unsaturated/α-hetero) is 1. The molecule has 0 saturated carbocycles. The van der Waals surface area contributed by atoms with Crippen LogP contribution in [0.5, 0.6) is 0 Å². The van der Waals surface area contributed by atoms with E-state index in [1.165, 1.54) is 5.56 Å². The zero-order valence-corrected chi connectivity index (χ0v) is 15.0. The van der Waals surface area contributed by atoms with Gasteiger partial charge in [-0.05, 0) is 30.4 Å². The second kappa shape index (κ2) is 6.73. The van der Waals surface area contributed by atoms with Gasteiger partial charge in [0.15, 0.2) is 5.78 Å². The molecule has 0 saturated heterocycles. The van der Waals surface area contributed by atoms with Crippen molar-refractivity contribution in [2.45, 2.75) is 38.5 Å². The van der Waals surface area contributed by atoms with E-state index in [0.717, 1.165) is 36.1 Å². The number of ketones is 1. The van der Waals surface area contributed by atoms with Crippen LogP contribution in [0.25, 0.3) is 0 Å². The molecule has 0 aromatic heterocycles. The predicted octanol–water partition coefficient (Wildman–Crippen LogP) is 2.83. The van der Waals surface area contributed by atoms with Gasteiger partial charge in [0.1, 0.15) is 5.82 Å². The molecule has 1 aromatic rings. The van der Waals surface area contributed by atoms with Crippen LogP contribution < -0.4 is 5.73 Å². The molecule has 5 nitrogen and oxygen atoms in total. The maximum absolute atomic E-state index is 12.8. The predicted molar refractivity (Wildman–Crippen MR) is 96.8 cm³/mol. The number of nitrogens with zero attached hydrogens (tertiary/aromatic N) is 3. The summed E-state index contributed by atoms with van der Waals surface area (Å²) in [4.78, 5) is 12.8. The summed E-state index contributed by atoms with van der Waals surface area (Å²) in [7, 11) is 3.75. The molecule has 1 atom stereocenters. The maximum atomic E-state index is 12.8. The summed E-state index contributed by atoms with van der Waals surface area (Å²) in [5, 5.41) is 13.5. The Labute approximate surface area is 149 Å². The lowest BCUT2D eigenvalue weighted by atomic mass is 9.76. The second-order valence-corrected chi connectivity index (χ2v) is 6.73. The normalized spacial score (nSPS) is 20.8. The van der Waals surface area contributed by atoms with E-state index in [-0.39, 0.29) is 11.7 Å². The molecule has 1 aliphatic heterocycles. The van der Waals surface area contributed by atoms with Gasteiger partial charge in [0.25, 0.3) is 0 Å². The summed E-state index contributed by atoms with van der Waals surface area (Å²) >= 11 is 0. The molecule has 1 aliphatic carbocycles. The van der Waals surface area contributed by atoms with Gasteiger partial charge in [-0.2, -0.15) is 5.26 Å². The van der Waals surface area contributed by atoms with Crippen molar-refractivity contribution in [3.8, 4) is 6.07 Å². The summed E-state index contributed by atoms with van der Waals surface area (Å²) in [5.41, 5.74) is 10.7. The highest BCUT2D eigenvalue weighted by Gasteiger charge is 2.40. The molecule has 25 heavy (non-hydrogen) atoms. The van der Waals surface area contributed by atoms with Crippen molar-refractivity contribution in [3.05, 3.63) is 58.1 Å². The van der Waals surface area contributed by atoms with Gasteiger partial charge in [-0.25, -0.2) is 5.01 Å². The van der Waals surface area contributed by atoms with Crippen molar-refractivity contribution in [3.63, 3.8) is 0 Å². The van der Waals surface area contributed by atoms with E-state index in [1.54, 1.807) is 0 Å². The van der Waals surface area contributed by atoms with E-state index in [9.17, 15) is 10.1 Å². The Morgan fingerprint density at radius 3 is 2.52 bits per heavy atom. The standard InChI is InChI=1S/C20H24N4O/c1-4-13-8-10-14(11-9-13)18-15(12-21)20(22)24(23(2)3)16-6-5-7-17(25)19(16)18/h8-11,18H,4-7,22H2,1-3H3. The SMILES string of the molecule is CCc1ccc(C2C(C#N)=C(N)N(N(C)C)C3=C2C(=O)CCC3)cc1. The Balaban J connectivity index is 2.21. The number of nitriles is 1. The number of rotatable bonds is 3. The molecular formula is C20H24N4O. The van der Waals surface area contributed by atoms with Crippen molar-refractivity contribution >= 4 is 5.78 Å². The Morgan fingerprint density at radius 1 is 1.28 bits per heavy atom. The van der Waals surface area contributed by atoms with Gasteiger partial charge in [-0.15, -0.1) is 0 Å². The summed E-state index contributed by atoms with van der Waals surface area (Å²) in [6.45, 7) is 2.11. The van der Waals surface area contributed by atoms with E-state index >= 15 is 0 Å². The number of hydrazine groups is 1. The molecule has 130 valence electrons. The highest BCUT2D eigenvalue weighted by Crippen LogP contribution is 2.44. The molecule has 0 amide bonds. The van der Waals surface area contributed by atoms with Crippen molar-refractivity contribution < 1.29 is 4.79 Å². The average molecular weight is 336 g/mol. The quantitative estimate of drug-likeness (QED) is 0.919. The lowest BCUT2D eigenvalue weighted by Crippen LogP contribution is -2.45.